The number of hydrogen-bond donors (Lipinski definition) is 0. The van der Waals surface area contributed by atoms with Gasteiger partial charge in [0.1, 0.15) is 6.17 Å². The number of benzene rings is 2. The molecule has 0 fully saturated rings. The largest absolute Gasteiger partial charge is 0.308 e. The predicted molar refractivity (Wildman–Crippen MR) is 150 cm³/mol. The average molecular weight is 508 g/mol. The summed E-state index contributed by atoms with van der Waals surface area (Å²) in [4.78, 5) is 23.1. The summed E-state index contributed by atoms with van der Waals surface area (Å²) in [5.74, 6) is -0.446. The van der Waals surface area contributed by atoms with Crippen LogP contribution < -0.4 is 0 Å². The number of rotatable bonds is 12. The van der Waals surface area contributed by atoms with Crippen LogP contribution in [0.15, 0.2) is 64.1 Å². The van der Waals surface area contributed by atoms with E-state index in [1.165, 1.54) is 23.6 Å². The molecular weight excluding hydrogens is 468 g/mol. The van der Waals surface area contributed by atoms with Crippen LogP contribution in [0.4, 0.5) is 14.5 Å². The molecule has 0 N–H and O–H groups in total. The smallest absolute Gasteiger partial charge is 0.256 e. The Morgan fingerprint density at radius 1 is 1.14 bits per heavy atom. The molecule has 37 heavy (non-hydrogen) atoms. The van der Waals surface area contributed by atoms with Crippen molar-refractivity contribution >= 4 is 23.5 Å². The normalized spacial score (nSPS) is 15.3. The number of amides is 1. The quantitative estimate of drug-likeness (QED) is 0.214. The van der Waals surface area contributed by atoms with Gasteiger partial charge in [0.2, 0.25) is 0 Å². The molecule has 1 aliphatic heterocycles. The molecule has 0 bridgehead atoms. The highest BCUT2D eigenvalue weighted by Crippen LogP contribution is 2.28. The van der Waals surface area contributed by atoms with Crippen LogP contribution in [-0.2, 0) is 6.42 Å². The molecule has 1 aliphatic rings. The van der Waals surface area contributed by atoms with Gasteiger partial charge in [-0.15, -0.1) is 0 Å². The molecular formula is C31H39F2N3O. The van der Waals surface area contributed by atoms with Crippen molar-refractivity contribution in [3.63, 3.8) is 0 Å². The van der Waals surface area contributed by atoms with Crippen LogP contribution in [0.25, 0.3) is 0 Å². The lowest BCUT2D eigenvalue weighted by Gasteiger charge is -2.20. The zero-order valence-corrected chi connectivity index (χ0v) is 22.5. The maximum atomic E-state index is 13.5. The number of halogens is 2. The molecule has 0 aliphatic carbocycles. The maximum absolute atomic E-state index is 13.5. The van der Waals surface area contributed by atoms with E-state index < -0.39 is 18.9 Å². The summed E-state index contributed by atoms with van der Waals surface area (Å²) < 4.78 is 27.0. The van der Waals surface area contributed by atoms with Crippen LogP contribution in [0.2, 0.25) is 0 Å². The van der Waals surface area contributed by atoms with Crippen LogP contribution in [0.5, 0.6) is 0 Å². The Labute approximate surface area is 220 Å². The molecule has 2 unspecified atom stereocenters. The minimum Gasteiger partial charge on any atom is -0.308 e. The molecule has 0 saturated heterocycles. The second-order valence-corrected chi connectivity index (χ2v) is 9.88. The molecule has 1 amide bonds. The number of carbonyl (C=O) groups excluding carboxylic acids is 1. The number of aryl methyl sites for hydroxylation is 2. The summed E-state index contributed by atoms with van der Waals surface area (Å²) in [7, 11) is 0. The van der Waals surface area contributed by atoms with E-state index >= 15 is 0 Å². The summed E-state index contributed by atoms with van der Waals surface area (Å²) in [6.07, 6.45) is 7.46. The Morgan fingerprint density at radius 3 is 2.51 bits per heavy atom. The van der Waals surface area contributed by atoms with Crippen molar-refractivity contribution in [2.24, 2.45) is 9.98 Å². The van der Waals surface area contributed by atoms with E-state index in [-0.39, 0.29) is 12.5 Å². The fourth-order valence-corrected chi connectivity index (χ4v) is 4.53. The van der Waals surface area contributed by atoms with Crippen molar-refractivity contribution in [3.8, 4) is 0 Å². The number of hydrogen-bond acceptors (Lipinski definition) is 3. The summed E-state index contributed by atoms with van der Waals surface area (Å²) in [5.41, 5.74) is 6.82. The van der Waals surface area contributed by atoms with Crippen molar-refractivity contribution < 1.29 is 13.6 Å². The second kappa shape index (κ2) is 14.0. The third kappa shape index (κ3) is 8.17. The van der Waals surface area contributed by atoms with Crippen molar-refractivity contribution in [3.05, 3.63) is 76.4 Å². The lowest BCUT2D eigenvalue weighted by atomic mass is 9.90. The van der Waals surface area contributed by atoms with E-state index in [4.69, 9.17) is 4.99 Å². The zero-order chi connectivity index (χ0) is 26.8. The number of alkyl halides is 2. The van der Waals surface area contributed by atoms with Crippen LogP contribution >= 0.6 is 0 Å². The van der Waals surface area contributed by atoms with Gasteiger partial charge in [-0.3, -0.25) is 14.8 Å². The van der Waals surface area contributed by atoms with E-state index in [2.05, 4.69) is 49.2 Å². The van der Waals surface area contributed by atoms with Crippen LogP contribution in [0, 0.1) is 6.92 Å². The molecule has 6 heteroatoms. The molecule has 0 spiro atoms. The standard InChI is InChI=1S/C31H39F2N3O/c1-5-6-25-8-12-27(13-9-25)24(4)29(14-10-26-15-17-34-18-16-26)35-30-19-28(11-7-22(30)2)31(37)36(21-32)20-23(3)33/h7-9,11-13,15,17,19,23-24H,5-6,10,14,16,18,20-21H2,1-4H3. The fourth-order valence-electron chi connectivity index (χ4n) is 4.53. The van der Waals surface area contributed by atoms with Gasteiger partial charge in [0.05, 0.1) is 12.2 Å². The monoisotopic (exact) mass is 507 g/mol. The van der Waals surface area contributed by atoms with E-state index in [1.54, 1.807) is 12.1 Å². The topological polar surface area (TPSA) is 45.0 Å². The number of dihydropyridines is 1. The highest BCUT2D eigenvalue weighted by atomic mass is 19.1. The van der Waals surface area contributed by atoms with Crippen molar-refractivity contribution in [1.82, 2.24) is 4.90 Å². The van der Waals surface area contributed by atoms with Gasteiger partial charge in [-0.05, 0) is 74.4 Å². The van der Waals surface area contributed by atoms with Crippen LogP contribution in [0.3, 0.4) is 0 Å². The molecule has 4 nitrogen and oxygen atoms in total. The predicted octanol–water partition coefficient (Wildman–Crippen LogP) is 7.73. The number of carbonyl (C=O) groups is 1. The first-order valence-electron chi connectivity index (χ1n) is 13.3. The molecule has 2 atom stereocenters. The average Bonchev–Trinajstić information content (AvgIpc) is 2.91. The number of allylic oxidation sites excluding steroid dienone is 1. The summed E-state index contributed by atoms with van der Waals surface area (Å²) in [5, 5.41) is 0. The Morgan fingerprint density at radius 2 is 1.89 bits per heavy atom. The van der Waals surface area contributed by atoms with Gasteiger partial charge in [0, 0.05) is 30.0 Å². The molecule has 1 heterocycles. The Hall–Kier alpha value is -3.15. The maximum Gasteiger partial charge on any atom is 0.256 e. The molecule has 2 aromatic rings. The molecule has 0 saturated carbocycles. The third-order valence-corrected chi connectivity index (χ3v) is 6.82. The first kappa shape index (κ1) is 28.4. The number of aliphatic imine (C=N–C) groups is 2. The van der Waals surface area contributed by atoms with E-state index in [9.17, 15) is 13.6 Å². The van der Waals surface area contributed by atoms with Gasteiger partial charge >= 0.3 is 0 Å². The van der Waals surface area contributed by atoms with Gasteiger partial charge in [0.15, 0.2) is 6.80 Å². The Balaban J connectivity index is 1.94. The van der Waals surface area contributed by atoms with Crippen LogP contribution in [-0.4, -0.2) is 48.8 Å². The van der Waals surface area contributed by atoms with Gasteiger partial charge in [-0.25, -0.2) is 8.78 Å². The van der Waals surface area contributed by atoms with E-state index in [0.29, 0.717) is 11.3 Å². The van der Waals surface area contributed by atoms with Crippen molar-refractivity contribution in [2.75, 3.05) is 19.9 Å². The van der Waals surface area contributed by atoms with Gasteiger partial charge in [-0.2, -0.15) is 0 Å². The lowest BCUT2D eigenvalue weighted by Crippen LogP contribution is -2.34. The second-order valence-electron chi connectivity index (χ2n) is 9.88. The first-order chi connectivity index (χ1) is 17.8. The zero-order valence-electron chi connectivity index (χ0n) is 22.5. The summed E-state index contributed by atoms with van der Waals surface area (Å²) in [6, 6.07) is 13.9. The molecule has 0 aromatic heterocycles. The summed E-state index contributed by atoms with van der Waals surface area (Å²) in [6.45, 7) is 7.12. The highest BCUT2D eigenvalue weighted by molar-refractivity contribution is 5.97. The Bertz CT molecular complexity index is 1140. The lowest BCUT2D eigenvalue weighted by molar-refractivity contribution is 0.0628. The van der Waals surface area contributed by atoms with E-state index in [0.717, 1.165) is 54.8 Å². The van der Waals surface area contributed by atoms with E-state index in [1.807, 2.05) is 19.2 Å². The van der Waals surface area contributed by atoms with Crippen molar-refractivity contribution in [1.29, 1.82) is 0 Å². The van der Waals surface area contributed by atoms with Crippen molar-refractivity contribution in [2.45, 2.75) is 71.9 Å². The molecule has 198 valence electrons. The molecule has 2 aromatic carbocycles. The van der Waals surface area contributed by atoms with Gasteiger partial charge in [0.25, 0.3) is 5.91 Å². The molecule has 3 rings (SSSR count). The SMILES string of the molecule is CCCc1ccc(C(C)C(CCC2=CC=NCC2)=Nc2cc(C(=O)N(CF)CC(C)F)ccc2C)cc1. The fraction of sp³-hybridized carbons (Fsp3) is 0.452. The molecule has 0 radical (unpaired) electrons. The third-order valence-electron chi connectivity index (χ3n) is 6.82. The first-order valence-corrected chi connectivity index (χ1v) is 13.3. The van der Waals surface area contributed by atoms with Gasteiger partial charge in [-0.1, -0.05) is 56.2 Å². The van der Waals surface area contributed by atoms with Gasteiger partial charge < -0.3 is 4.90 Å². The number of nitrogens with zero attached hydrogens (tertiary/aromatic N) is 3. The summed E-state index contributed by atoms with van der Waals surface area (Å²) >= 11 is 0. The highest BCUT2D eigenvalue weighted by Gasteiger charge is 2.20. The minimum absolute atomic E-state index is 0.0852. The van der Waals surface area contributed by atoms with Crippen LogP contribution in [0.1, 0.15) is 79.4 Å². The Kier molecular flexibility index (Phi) is 10.7. The minimum atomic E-state index is -1.31.